The number of ether oxygens (including phenoxy) is 1. The second-order valence-corrected chi connectivity index (χ2v) is 9.29. The molecule has 2 N–H and O–H groups in total. The van der Waals surface area contributed by atoms with Gasteiger partial charge in [-0.25, -0.2) is 9.78 Å². The molecular formula is C26H41NO3. The Hall–Kier alpha value is -1.36. The normalized spacial score (nSPS) is 30.6. The summed E-state index contributed by atoms with van der Waals surface area (Å²) >= 11 is 0. The predicted octanol–water partition coefficient (Wildman–Crippen LogP) is 6.44. The van der Waals surface area contributed by atoms with Crippen LogP contribution in [0.25, 0.3) is 0 Å². The molecule has 0 aliphatic heterocycles. The molecule has 2 aliphatic carbocycles. The molecule has 0 aromatic heterocycles. The third-order valence-electron chi connectivity index (χ3n) is 7.07. The fraction of sp³-hybridized carbons (Fsp3) is 0.692. The second-order valence-electron chi connectivity index (χ2n) is 9.29. The molecular weight excluding hydrogens is 374 g/mol. The molecule has 1 aromatic rings. The predicted molar refractivity (Wildman–Crippen MR) is 123 cm³/mol. The van der Waals surface area contributed by atoms with Crippen LogP contribution in [0.1, 0.15) is 96.0 Å². The van der Waals surface area contributed by atoms with E-state index in [1.807, 2.05) is 6.08 Å². The van der Waals surface area contributed by atoms with Crippen LogP contribution in [0.5, 0.6) is 5.75 Å². The molecule has 4 heteroatoms. The number of hydrogen-bond acceptors (Lipinski definition) is 4. The summed E-state index contributed by atoms with van der Waals surface area (Å²) in [5.41, 5.74) is 7.20. The molecule has 0 saturated heterocycles. The van der Waals surface area contributed by atoms with Crippen molar-refractivity contribution in [2.24, 2.45) is 5.73 Å². The molecule has 1 unspecified atom stereocenters. The Bertz CT molecular complexity index is 638. The summed E-state index contributed by atoms with van der Waals surface area (Å²) in [5, 5.41) is 0. The Morgan fingerprint density at radius 1 is 1.13 bits per heavy atom. The molecule has 0 heterocycles. The average molecular weight is 416 g/mol. The minimum Gasteiger partial charge on any atom is -0.490 e. The minimum absolute atomic E-state index is 0.0945. The van der Waals surface area contributed by atoms with Crippen molar-refractivity contribution in [3.05, 3.63) is 42.5 Å². The molecule has 0 amide bonds. The van der Waals surface area contributed by atoms with Gasteiger partial charge >= 0.3 is 0 Å². The minimum atomic E-state index is -0.187. The van der Waals surface area contributed by atoms with Crippen LogP contribution in [0.4, 0.5) is 0 Å². The standard InChI is InChI=1S/C26H41NO3/c1-4-8-23(5-2)29-30-26(6-3)18-7-9-21(19-26)20-10-14-24(15-11-20)28-25-16-12-22(27)13-17-25/h4,10-11,14-15,21-23,25H,1,5-9,12-13,16-19,27H2,2-3H3/t21-,22-,23?,25+,26-/m1/s1. The first-order valence-corrected chi connectivity index (χ1v) is 12.0. The summed E-state index contributed by atoms with van der Waals surface area (Å²) in [5.74, 6) is 1.48. The average Bonchev–Trinajstić information content (AvgIpc) is 2.79. The van der Waals surface area contributed by atoms with E-state index < -0.39 is 0 Å². The zero-order chi connectivity index (χ0) is 21.4. The Kier molecular flexibility index (Phi) is 8.79. The molecule has 3 atom stereocenters. The van der Waals surface area contributed by atoms with Crippen LogP contribution in [-0.4, -0.2) is 23.9 Å². The smallest absolute Gasteiger partial charge is 0.119 e. The van der Waals surface area contributed by atoms with Crippen LogP contribution in [0, 0.1) is 0 Å². The van der Waals surface area contributed by atoms with Crippen molar-refractivity contribution in [1.82, 2.24) is 0 Å². The van der Waals surface area contributed by atoms with Gasteiger partial charge < -0.3 is 10.5 Å². The Morgan fingerprint density at radius 2 is 1.87 bits per heavy atom. The monoisotopic (exact) mass is 415 g/mol. The maximum atomic E-state index is 6.20. The van der Waals surface area contributed by atoms with E-state index in [1.54, 1.807) is 0 Å². The molecule has 4 nitrogen and oxygen atoms in total. The number of nitrogens with two attached hydrogens (primary N) is 1. The van der Waals surface area contributed by atoms with Crippen LogP contribution < -0.4 is 10.5 Å². The fourth-order valence-corrected chi connectivity index (χ4v) is 4.91. The van der Waals surface area contributed by atoms with Crippen molar-refractivity contribution in [3.63, 3.8) is 0 Å². The van der Waals surface area contributed by atoms with Crippen LogP contribution in [-0.2, 0) is 9.78 Å². The molecule has 2 aliphatic rings. The number of rotatable bonds is 10. The van der Waals surface area contributed by atoms with Crippen molar-refractivity contribution in [3.8, 4) is 5.75 Å². The summed E-state index contributed by atoms with van der Waals surface area (Å²) in [4.78, 5) is 12.0. The van der Waals surface area contributed by atoms with Gasteiger partial charge in [0.15, 0.2) is 0 Å². The molecule has 1 aromatic carbocycles. The molecule has 2 fully saturated rings. The van der Waals surface area contributed by atoms with E-state index in [-0.39, 0.29) is 11.7 Å². The highest BCUT2D eigenvalue weighted by atomic mass is 17.2. The van der Waals surface area contributed by atoms with Crippen molar-refractivity contribution >= 4 is 0 Å². The summed E-state index contributed by atoms with van der Waals surface area (Å²) in [6.07, 6.45) is 13.7. The SMILES string of the molecule is C=CCC(CC)OO[C@]1(CC)CCC[C@@H](c2ccc(O[C@H]3CC[C@@H](N)CC3)cc2)C1. The van der Waals surface area contributed by atoms with Gasteiger partial charge in [0, 0.05) is 6.04 Å². The van der Waals surface area contributed by atoms with E-state index in [0.29, 0.717) is 18.1 Å². The van der Waals surface area contributed by atoms with Gasteiger partial charge in [0.25, 0.3) is 0 Å². The molecule has 0 spiro atoms. The lowest BCUT2D eigenvalue weighted by Gasteiger charge is -2.40. The van der Waals surface area contributed by atoms with Gasteiger partial charge in [0.2, 0.25) is 0 Å². The molecule has 168 valence electrons. The molecule has 0 bridgehead atoms. The summed E-state index contributed by atoms with van der Waals surface area (Å²) in [7, 11) is 0. The van der Waals surface area contributed by atoms with Gasteiger partial charge in [-0.2, -0.15) is 0 Å². The van der Waals surface area contributed by atoms with Gasteiger partial charge in [0.1, 0.15) is 11.4 Å². The largest absolute Gasteiger partial charge is 0.490 e. The van der Waals surface area contributed by atoms with Gasteiger partial charge in [-0.1, -0.05) is 32.1 Å². The highest BCUT2D eigenvalue weighted by Crippen LogP contribution is 2.43. The van der Waals surface area contributed by atoms with Gasteiger partial charge in [0.05, 0.1) is 12.2 Å². The maximum absolute atomic E-state index is 6.20. The molecule has 30 heavy (non-hydrogen) atoms. The van der Waals surface area contributed by atoms with Crippen LogP contribution >= 0.6 is 0 Å². The number of benzene rings is 1. The van der Waals surface area contributed by atoms with E-state index in [1.165, 1.54) is 18.4 Å². The zero-order valence-electron chi connectivity index (χ0n) is 19.0. The third kappa shape index (κ3) is 6.32. The third-order valence-corrected chi connectivity index (χ3v) is 7.07. The molecule has 3 rings (SSSR count). The first-order valence-electron chi connectivity index (χ1n) is 12.0. The molecule has 0 radical (unpaired) electrons. The lowest BCUT2D eigenvalue weighted by Crippen LogP contribution is -2.38. The van der Waals surface area contributed by atoms with E-state index >= 15 is 0 Å². The zero-order valence-corrected chi connectivity index (χ0v) is 19.0. The Balaban J connectivity index is 1.57. The highest BCUT2D eigenvalue weighted by Gasteiger charge is 2.38. The lowest BCUT2D eigenvalue weighted by molar-refractivity contribution is -0.391. The summed E-state index contributed by atoms with van der Waals surface area (Å²) < 4.78 is 6.20. The van der Waals surface area contributed by atoms with Crippen LogP contribution in [0.15, 0.2) is 36.9 Å². The van der Waals surface area contributed by atoms with Gasteiger partial charge in [-0.3, -0.25) is 0 Å². The van der Waals surface area contributed by atoms with Crippen molar-refractivity contribution in [2.75, 3.05) is 0 Å². The van der Waals surface area contributed by atoms with Crippen molar-refractivity contribution in [1.29, 1.82) is 0 Å². The lowest BCUT2D eigenvalue weighted by atomic mass is 9.74. The molecule has 2 saturated carbocycles. The quantitative estimate of drug-likeness (QED) is 0.271. The van der Waals surface area contributed by atoms with Crippen molar-refractivity contribution in [2.45, 2.75) is 114 Å². The van der Waals surface area contributed by atoms with Gasteiger partial charge in [-0.05, 0) is 94.2 Å². The Labute approximate surface area is 183 Å². The highest BCUT2D eigenvalue weighted by molar-refractivity contribution is 5.30. The first kappa shape index (κ1) is 23.3. The Morgan fingerprint density at radius 3 is 2.50 bits per heavy atom. The summed E-state index contributed by atoms with van der Waals surface area (Å²) in [6.45, 7) is 8.17. The first-order chi connectivity index (χ1) is 14.6. The van der Waals surface area contributed by atoms with Gasteiger partial charge in [-0.15, -0.1) is 6.58 Å². The number of hydrogen-bond donors (Lipinski definition) is 1. The van der Waals surface area contributed by atoms with E-state index in [4.69, 9.17) is 20.2 Å². The van der Waals surface area contributed by atoms with Crippen LogP contribution in [0.2, 0.25) is 0 Å². The second kappa shape index (κ2) is 11.3. The fourth-order valence-electron chi connectivity index (χ4n) is 4.91. The van der Waals surface area contributed by atoms with E-state index in [0.717, 1.165) is 63.5 Å². The van der Waals surface area contributed by atoms with E-state index in [2.05, 4.69) is 44.7 Å². The topological polar surface area (TPSA) is 53.7 Å². The summed E-state index contributed by atoms with van der Waals surface area (Å²) in [6, 6.07) is 9.12. The maximum Gasteiger partial charge on any atom is 0.119 e. The van der Waals surface area contributed by atoms with Crippen molar-refractivity contribution < 1.29 is 14.5 Å². The van der Waals surface area contributed by atoms with E-state index in [9.17, 15) is 0 Å². The van der Waals surface area contributed by atoms with Crippen LogP contribution in [0.3, 0.4) is 0 Å².